The standard InChI is InChI=1S/C17H23N/c1-11-3-4-13(9-12(11)2)16-7-5-14-10-15(18)6-8-17(14)16/h6,8,10-12H,3-5,7,9,18H2,1-2H3. The largest absolute Gasteiger partial charge is 0.399 e. The molecule has 1 fully saturated rings. The molecule has 2 atom stereocenters. The minimum absolute atomic E-state index is 0.846. The van der Waals surface area contributed by atoms with Crippen molar-refractivity contribution >= 4 is 11.3 Å². The van der Waals surface area contributed by atoms with E-state index >= 15 is 0 Å². The molecule has 0 aliphatic heterocycles. The number of hydrogen-bond acceptors (Lipinski definition) is 1. The van der Waals surface area contributed by atoms with Crippen molar-refractivity contribution in [1.29, 1.82) is 0 Å². The third-order valence-electron chi connectivity index (χ3n) is 4.97. The van der Waals surface area contributed by atoms with Gasteiger partial charge in [-0.3, -0.25) is 0 Å². The molecule has 1 aromatic rings. The van der Waals surface area contributed by atoms with Crippen LogP contribution in [-0.2, 0) is 6.42 Å². The number of aryl methyl sites for hydroxylation is 1. The van der Waals surface area contributed by atoms with Crippen molar-refractivity contribution in [2.45, 2.75) is 46.0 Å². The van der Waals surface area contributed by atoms with Gasteiger partial charge < -0.3 is 5.73 Å². The third-order valence-corrected chi connectivity index (χ3v) is 4.97. The first-order valence-corrected chi connectivity index (χ1v) is 7.25. The fourth-order valence-corrected chi connectivity index (χ4v) is 3.53. The number of fused-ring (bicyclic) bond motifs is 1. The van der Waals surface area contributed by atoms with E-state index in [4.69, 9.17) is 5.73 Å². The lowest BCUT2D eigenvalue weighted by molar-refractivity contribution is 0.324. The SMILES string of the molecule is CC1CCC(=C2CCc3cc(N)ccc32)CC1C. The van der Waals surface area contributed by atoms with Crippen molar-refractivity contribution in [2.24, 2.45) is 11.8 Å². The number of benzene rings is 1. The van der Waals surface area contributed by atoms with Crippen molar-refractivity contribution < 1.29 is 0 Å². The zero-order valence-electron chi connectivity index (χ0n) is 11.5. The number of nitrogen functional groups attached to an aromatic ring is 1. The Hall–Kier alpha value is -1.24. The molecule has 0 bridgehead atoms. The maximum atomic E-state index is 5.88. The summed E-state index contributed by atoms with van der Waals surface area (Å²) < 4.78 is 0. The van der Waals surface area contributed by atoms with Crippen LogP contribution in [0.3, 0.4) is 0 Å². The molecule has 1 aromatic carbocycles. The van der Waals surface area contributed by atoms with E-state index in [1.807, 2.05) is 0 Å². The topological polar surface area (TPSA) is 26.0 Å². The predicted molar refractivity (Wildman–Crippen MR) is 78.3 cm³/mol. The molecule has 1 saturated carbocycles. The van der Waals surface area contributed by atoms with E-state index in [9.17, 15) is 0 Å². The van der Waals surface area contributed by atoms with Gasteiger partial charge in [-0.15, -0.1) is 0 Å². The van der Waals surface area contributed by atoms with Crippen molar-refractivity contribution in [3.05, 3.63) is 34.9 Å². The van der Waals surface area contributed by atoms with Crippen molar-refractivity contribution in [2.75, 3.05) is 5.73 Å². The Morgan fingerprint density at radius 2 is 1.89 bits per heavy atom. The molecule has 2 N–H and O–H groups in total. The summed E-state index contributed by atoms with van der Waals surface area (Å²) in [6.45, 7) is 4.80. The number of hydrogen-bond donors (Lipinski definition) is 1. The summed E-state index contributed by atoms with van der Waals surface area (Å²) in [7, 11) is 0. The lowest BCUT2D eigenvalue weighted by atomic mass is 9.77. The van der Waals surface area contributed by atoms with Gasteiger partial charge in [0.15, 0.2) is 0 Å². The molecular weight excluding hydrogens is 218 g/mol. The maximum absolute atomic E-state index is 5.88. The first-order chi connectivity index (χ1) is 8.65. The van der Waals surface area contributed by atoms with Gasteiger partial charge in [-0.2, -0.15) is 0 Å². The first-order valence-electron chi connectivity index (χ1n) is 7.25. The van der Waals surface area contributed by atoms with Crippen molar-refractivity contribution in [3.63, 3.8) is 0 Å². The van der Waals surface area contributed by atoms with Crippen LogP contribution in [0, 0.1) is 11.8 Å². The van der Waals surface area contributed by atoms with Gasteiger partial charge in [0.1, 0.15) is 0 Å². The highest BCUT2D eigenvalue weighted by Crippen LogP contribution is 2.42. The van der Waals surface area contributed by atoms with Gasteiger partial charge in [0.05, 0.1) is 0 Å². The molecule has 2 aliphatic carbocycles. The molecule has 0 amide bonds. The molecule has 0 aromatic heterocycles. The van der Waals surface area contributed by atoms with Crippen molar-refractivity contribution in [3.8, 4) is 0 Å². The fourth-order valence-electron chi connectivity index (χ4n) is 3.53. The van der Waals surface area contributed by atoms with Crippen LogP contribution < -0.4 is 5.73 Å². The summed E-state index contributed by atoms with van der Waals surface area (Å²) in [6.07, 6.45) is 6.40. The summed E-state index contributed by atoms with van der Waals surface area (Å²) in [4.78, 5) is 0. The van der Waals surface area contributed by atoms with E-state index in [2.05, 4.69) is 32.0 Å². The molecule has 0 radical (unpaired) electrons. The second-order valence-electron chi connectivity index (χ2n) is 6.20. The van der Waals surface area contributed by atoms with Gasteiger partial charge in [-0.25, -0.2) is 0 Å². The summed E-state index contributed by atoms with van der Waals surface area (Å²) in [5, 5.41) is 0. The average molecular weight is 241 g/mol. The fraction of sp³-hybridized carbons (Fsp3) is 0.529. The summed E-state index contributed by atoms with van der Waals surface area (Å²) in [5.74, 6) is 1.74. The number of allylic oxidation sites excluding steroid dienone is 2. The predicted octanol–water partition coefficient (Wildman–Crippen LogP) is 4.42. The molecule has 1 heteroatoms. The van der Waals surface area contributed by atoms with Gasteiger partial charge in [-0.1, -0.05) is 25.5 Å². The maximum Gasteiger partial charge on any atom is 0.0317 e. The second kappa shape index (κ2) is 4.46. The normalized spacial score (nSPS) is 31.4. The van der Waals surface area contributed by atoms with E-state index in [0.29, 0.717) is 0 Å². The third kappa shape index (κ3) is 1.96. The summed E-state index contributed by atoms with van der Waals surface area (Å²) in [6, 6.07) is 6.46. The van der Waals surface area contributed by atoms with Crippen LogP contribution in [0.1, 0.15) is 50.7 Å². The van der Waals surface area contributed by atoms with E-state index in [1.165, 1.54) is 43.2 Å². The monoisotopic (exact) mass is 241 g/mol. The minimum Gasteiger partial charge on any atom is -0.399 e. The average Bonchev–Trinajstić information content (AvgIpc) is 2.75. The van der Waals surface area contributed by atoms with Crippen LogP contribution in [-0.4, -0.2) is 0 Å². The van der Waals surface area contributed by atoms with Crippen LogP contribution in [0.15, 0.2) is 23.8 Å². The van der Waals surface area contributed by atoms with E-state index in [1.54, 1.807) is 11.1 Å². The van der Waals surface area contributed by atoms with Gasteiger partial charge >= 0.3 is 0 Å². The quantitative estimate of drug-likeness (QED) is 0.668. The molecule has 0 spiro atoms. The molecule has 96 valence electrons. The molecular formula is C17H23N. The molecule has 1 nitrogen and oxygen atoms in total. The van der Waals surface area contributed by atoms with Gasteiger partial charge in [0.25, 0.3) is 0 Å². The zero-order chi connectivity index (χ0) is 12.7. The van der Waals surface area contributed by atoms with Crippen LogP contribution in [0.2, 0.25) is 0 Å². The summed E-state index contributed by atoms with van der Waals surface area (Å²) >= 11 is 0. The molecule has 0 heterocycles. The highest BCUT2D eigenvalue weighted by atomic mass is 14.5. The highest BCUT2D eigenvalue weighted by molar-refractivity contribution is 5.76. The van der Waals surface area contributed by atoms with Crippen LogP contribution in [0.5, 0.6) is 0 Å². The molecule has 3 rings (SSSR count). The lowest BCUT2D eigenvalue weighted by Gasteiger charge is -2.29. The van der Waals surface area contributed by atoms with Crippen LogP contribution in [0.25, 0.3) is 5.57 Å². The molecule has 0 saturated heterocycles. The zero-order valence-corrected chi connectivity index (χ0v) is 11.5. The number of rotatable bonds is 0. The molecule has 2 unspecified atom stereocenters. The van der Waals surface area contributed by atoms with Gasteiger partial charge in [0, 0.05) is 5.69 Å². The smallest absolute Gasteiger partial charge is 0.0317 e. The van der Waals surface area contributed by atoms with Crippen LogP contribution >= 0.6 is 0 Å². The Bertz CT molecular complexity index is 498. The Balaban J connectivity index is 1.96. The van der Waals surface area contributed by atoms with Gasteiger partial charge in [-0.05, 0) is 72.8 Å². The Morgan fingerprint density at radius 1 is 1.06 bits per heavy atom. The van der Waals surface area contributed by atoms with E-state index in [0.717, 1.165) is 17.5 Å². The molecule has 18 heavy (non-hydrogen) atoms. The number of nitrogens with two attached hydrogens (primary N) is 1. The van der Waals surface area contributed by atoms with E-state index in [-0.39, 0.29) is 0 Å². The molecule has 2 aliphatic rings. The Kier molecular flexibility index (Phi) is 2.93. The van der Waals surface area contributed by atoms with Crippen LogP contribution in [0.4, 0.5) is 5.69 Å². The Labute approximate surface area is 110 Å². The minimum atomic E-state index is 0.846. The van der Waals surface area contributed by atoms with Crippen molar-refractivity contribution in [1.82, 2.24) is 0 Å². The number of anilines is 1. The Morgan fingerprint density at radius 3 is 2.67 bits per heavy atom. The van der Waals surface area contributed by atoms with Gasteiger partial charge in [0.2, 0.25) is 0 Å². The van der Waals surface area contributed by atoms with E-state index < -0.39 is 0 Å². The lowest BCUT2D eigenvalue weighted by Crippen LogP contribution is -2.15. The highest BCUT2D eigenvalue weighted by Gasteiger charge is 2.25. The first kappa shape index (κ1) is 11.8. The second-order valence-corrected chi connectivity index (χ2v) is 6.20. The summed E-state index contributed by atoms with van der Waals surface area (Å²) in [5.41, 5.74) is 13.1.